The molecule has 0 fully saturated rings. The molecule has 0 atom stereocenters. The van der Waals surface area contributed by atoms with Crippen molar-refractivity contribution in [2.24, 2.45) is 5.16 Å². The average Bonchev–Trinajstić information content (AvgIpc) is 2.89. The molecule has 0 amide bonds. The maximum absolute atomic E-state index is 12.8. The lowest BCUT2D eigenvalue weighted by Gasteiger charge is -2.19. The molecule has 8 heteroatoms. The number of nitrogens with zero attached hydrogens (tertiary/aromatic N) is 4. The van der Waals surface area contributed by atoms with E-state index in [1.165, 1.54) is 22.2 Å². The van der Waals surface area contributed by atoms with Crippen molar-refractivity contribution in [2.45, 2.75) is 18.5 Å². The van der Waals surface area contributed by atoms with Crippen molar-refractivity contribution in [2.75, 3.05) is 11.4 Å². The first-order valence-corrected chi connectivity index (χ1v) is 7.83. The lowest BCUT2D eigenvalue weighted by Crippen LogP contribution is -2.28. The molecule has 0 spiro atoms. The van der Waals surface area contributed by atoms with Gasteiger partial charge >= 0.3 is 0 Å². The Bertz CT molecular complexity index is 839. The summed E-state index contributed by atoms with van der Waals surface area (Å²) >= 11 is 0. The number of aryl methyl sites for hydroxylation is 1. The van der Waals surface area contributed by atoms with Crippen LogP contribution in [0.5, 0.6) is 0 Å². The van der Waals surface area contributed by atoms with Gasteiger partial charge in [-0.2, -0.15) is 13.5 Å². The Balaban J connectivity index is 2.46. The number of oxime groups is 1. The lowest BCUT2D eigenvalue weighted by atomic mass is 10.0. The SMILES string of the molecule is CCn1ncc2c1S(=O)(=O)N(C)c1ccccc1C2=NO. The van der Waals surface area contributed by atoms with Crippen molar-refractivity contribution in [1.29, 1.82) is 0 Å². The molecule has 0 saturated carbocycles. The third-order valence-electron chi connectivity index (χ3n) is 3.55. The predicted octanol–water partition coefficient (Wildman–Crippen LogP) is 1.27. The summed E-state index contributed by atoms with van der Waals surface area (Å²) in [6.07, 6.45) is 1.42. The number of fused-ring (bicyclic) bond motifs is 2. The molecule has 0 radical (unpaired) electrons. The summed E-state index contributed by atoms with van der Waals surface area (Å²) in [5.74, 6) is 0. The highest BCUT2D eigenvalue weighted by molar-refractivity contribution is 7.92. The molecule has 0 bridgehead atoms. The van der Waals surface area contributed by atoms with Crippen molar-refractivity contribution in [3.05, 3.63) is 41.6 Å². The number of benzene rings is 1. The number of anilines is 1. The number of hydrogen-bond donors (Lipinski definition) is 1. The van der Waals surface area contributed by atoms with Gasteiger partial charge in [0.1, 0.15) is 5.71 Å². The molecule has 1 aromatic heterocycles. The topological polar surface area (TPSA) is 87.8 Å². The number of aromatic nitrogens is 2. The highest BCUT2D eigenvalue weighted by Crippen LogP contribution is 2.34. The average molecular weight is 306 g/mol. The van der Waals surface area contributed by atoms with Crippen molar-refractivity contribution in [3.63, 3.8) is 0 Å². The van der Waals surface area contributed by atoms with E-state index < -0.39 is 10.0 Å². The highest BCUT2D eigenvalue weighted by Gasteiger charge is 2.36. The first kappa shape index (κ1) is 13.6. The Kier molecular flexibility index (Phi) is 2.98. The van der Waals surface area contributed by atoms with E-state index in [2.05, 4.69) is 10.3 Å². The van der Waals surface area contributed by atoms with E-state index >= 15 is 0 Å². The summed E-state index contributed by atoms with van der Waals surface area (Å²) in [6.45, 7) is 2.20. The molecule has 2 aromatic rings. The van der Waals surface area contributed by atoms with E-state index in [9.17, 15) is 13.6 Å². The molecule has 1 N–H and O–H groups in total. The summed E-state index contributed by atoms with van der Waals surface area (Å²) in [4.78, 5) is 0. The van der Waals surface area contributed by atoms with Gasteiger partial charge in [0, 0.05) is 19.2 Å². The van der Waals surface area contributed by atoms with Gasteiger partial charge in [-0.25, -0.2) is 0 Å². The summed E-state index contributed by atoms with van der Waals surface area (Å²) in [5, 5.41) is 16.8. The van der Waals surface area contributed by atoms with Crippen LogP contribution in [-0.4, -0.2) is 36.2 Å². The third-order valence-corrected chi connectivity index (χ3v) is 5.39. The second kappa shape index (κ2) is 4.59. The van der Waals surface area contributed by atoms with Gasteiger partial charge in [-0.15, -0.1) is 0 Å². The second-order valence-corrected chi connectivity index (χ2v) is 6.50. The van der Waals surface area contributed by atoms with Gasteiger partial charge < -0.3 is 5.21 Å². The fourth-order valence-electron chi connectivity index (χ4n) is 2.49. The van der Waals surface area contributed by atoms with Gasteiger partial charge in [-0.1, -0.05) is 23.4 Å². The third kappa shape index (κ3) is 1.75. The van der Waals surface area contributed by atoms with E-state index in [1.807, 2.05) is 0 Å². The predicted molar refractivity (Wildman–Crippen MR) is 77.4 cm³/mol. The van der Waals surface area contributed by atoms with Gasteiger partial charge in [0.05, 0.1) is 17.4 Å². The Morgan fingerprint density at radius 3 is 2.67 bits per heavy atom. The van der Waals surface area contributed by atoms with E-state index in [4.69, 9.17) is 0 Å². The Morgan fingerprint density at radius 1 is 1.29 bits per heavy atom. The standard InChI is InChI=1S/C13H14N4O3S/c1-3-17-13-10(8-14-17)12(15-18)9-6-4-5-7-11(9)16(2)21(13,19)20/h4-8,18H,3H2,1-2H3. The van der Waals surface area contributed by atoms with E-state index in [0.717, 1.165) is 0 Å². The fraction of sp³-hybridized carbons (Fsp3) is 0.231. The summed E-state index contributed by atoms with van der Waals surface area (Å²) in [5.41, 5.74) is 1.51. The van der Waals surface area contributed by atoms with Crippen LogP contribution >= 0.6 is 0 Å². The summed E-state index contributed by atoms with van der Waals surface area (Å²) in [7, 11) is -2.29. The van der Waals surface area contributed by atoms with E-state index in [0.29, 0.717) is 23.4 Å². The molecular weight excluding hydrogens is 292 g/mol. The van der Waals surface area contributed by atoms with Crippen LogP contribution in [0.4, 0.5) is 5.69 Å². The van der Waals surface area contributed by atoms with Crippen molar-refractivity contribution in [1.82, 2.24) is 9.78 Å². The highest BCUT2D eigenvalue weighted by atomic mass is 32.2. The Morgan fingerprint density at radius 2 is 2.00 bits per heavy atom. The first-order chi connectivity index (χ1) is 10.0. The van der Waals surface area contributed by atoms with Crippen LogP contribution in [0.1, 0.15) is 18.1 Å². The zero-order valence-corrected chi connectivity index (χ0v) is 12.4. The van der Waals surface area contributed by atoms with Gasteiger partial charge in [0.25, 0.3) is 10.0 Å². The van der Waals surface area contributed by atoms with Gasteiger partial charge in [-0.3, -0.25) is 8.99 Å². The minimum absolute atomic E-state index is 0.0384. The van der Waals surface area contributed by atoms with Gasteiger partial charge in [0.2, 0.25) is 0 Å². The van der Waals surface area contributed by atoms with Crippen LogP contribution in [0.2, 0.25) is 0 Å². The number of sulfonamides is 1. The van der Waals surface area contributed by atoms with Crippen LogP contribution in [-0.2, 0) is 16.6 Å². The van der Waals surface area contributed by atoms with Gasteiger partial charge in [0.15, 0.2) is 5.03 Å². The molecule has 1 aromatic carbocycles. The molecule has 3 rings (SSSR count). The summed E-state index contributed by atoms with van der Waals surface area (Å²) in [6, 6.07) is 6.89. The number of para-hydroxylation sites is 1. The van der Waals surface area contributed by atoms with Crippen molar-refractivity contribution >= 4 is 21.4 Å². The minimum atomic E-state index is -3.77. The largest absolute Gasteiger partial charge is 0.410 e. The normalized spacial score (nSPS) is 18.2. The molecule has 0 unspecified atom stereocenters. The maximum Gasteiger partial charge on any atom is 0.281 e. The molecule has 1 aliphatic rings. The molecule has 110 valence electrons. The van der Waals surface area contributed by atoms with Crippen LogP contribution in [0.25, 0.3) is 0 Å². The quantitative estimate of drug-likeness (QED) is 0.635. The molecule has 2 heterocycles. The maximum atomic E-state index is 12.8. The Hall–Kier alpha value is -2.35. The molecule has 0 saturated heterocycles. The lowest BCUT2D eigenvalue weighted by molar-refractivity contribution is 0.319. The van der Waals surface area contributed by atoms with E-state index in [-0.39, 0.29) is 10.7 Å². The molecular formula is C13H14N4O3S. The van der Waals surface area contributed by atoms with E-state index in [1.54, 1.807) is 31.2 Å². The monoisotopic (exact) mass is 306 g/mol. The minimum Gasteiger partial charge on any atom is -0.410 e. The number of rotatable bonds is 1. The summed E-state index contributed by atoms with van der Waals surface area (Å²) < 4.78 is 28.2. The molecule has 21 heavy (non-hydrogen) atoms. The molecule has 7 nitrogen and oxygen atoms in total. The van der Waals surface area contributed by atoms with Crippen molar-refractivity contribution < 1.29 is 13.6 Å². The smallest absolute Gasteiger partial charge is 0.281 e. The Labute approximate surface area is 122 Å². The zero-order chi connectivity index (χ0) is 15.2. The molecule has 0 aliphatic carbocycles. The first-order valence-electron chi connectivity index (χ1n) is 6.39. The molecule has 1 aliphatic heterocycles. The van der Waals surface area contributed by atoms with Crippen LogP contribution in [0.3, 0.4) is 0 Å². The van der Waals surface area contributed by atoms with Gasteiger partial charge in [-0.05, 0) is 13.0 Å². The van der Waals surface area contributed by atoms with Crippen LogP contribution in [0.15, 0.2) is 40.6 Å². The van der Waals surface area contributed by atoms with Crippen LogP contribution < -0.4 is 4.31 Å². The fourth-order valence-corrected chi connectivity index (χ4v) is 4.04. The zero-order valence-electron chi connectivity index (χ0n) is 11.6. The van der Waals surface area contributed by atoms with Crippen molar-refractivity contribution in [3.8, 4) is 0 Å². The van der Waals surface area contributed by atoms with Crippen LogP contribution in [0, 0.1) is 0 Å². The number of hydrogen-bond acceptors (Lipinski definition) is 5. The second-order valence-electron chi connectivity index (χ2n) is 4.62.